The van der Waals surface area contributed by atoms with Crippen molar-refractivity contribution in [2.24, 2.45) is 11.7 Å². The minimum atomic E-state index is 0.525. The van der Waals surface area contributed by atoms with Crippen LogP contribution < -0.4 is 5.73 Å². The van der Waals surface area contributed by atoms with Gasteiger partial charge in [0.25, 0.3) is 0 Å². The minimum absolute atomic E-state index is 0.525. The van der Waals surface area contributed by atoms with Crippen molar-refractivity contribution < 1.29 is 0 Å². The van der Waals surface area contributed by atoms with Crippen LogP contribution in [0.4, 0.5) is 0 Å². The summed E-state index contributed by atoms with van der Waals surface area (Å²) in [6.45, 7) is 19.1. The van der Waals surface area contributed by atoms with Crippen LogP contribution in [0.1, 0.15) is 71.4 Å². The Hall–Kier alpha value is -2.54. The molecule has 0 heterocycles. The molecule has 168 valence electrons. The zero-order chi connectivity index (χ0) is 23.2. The SMILES string of the molecule is C=C(N)C(/C=C\C(=C)C(CC)CC)=C(/C)Cc1ccc(C/C(C)=C/CC/C=C\C)cc1. The Morgan fingerprint density at radius 3 is 2.03 bits per heavy atom. The van der Waals surface area contributed by atoms with E-state index in [1.54, 1.807) is 0 Å². The summed E-state index contributed by atoms with van der Waals surface area (Å²) in [5, 5.41) is 0. The molecule has 0 amide bonds. The third kappa shape index (κ3) is 9.87. The van der Waals surface area contributed by atoms with Crippen molar-refractivity contribution in [2.45, 2.75) is 73.1 Å². The number of nitrogens with two attached hydrogens (primary N) is 1. The van der Waals surface area contributed by atoms with Gasteiger partial charge in [-0.25, -0.2) is 0 Å². The van der Waals surface area contributed by atoms with Crippen molar-refractivity contribution in [3.05, 3.63) is 107 Å². The highest BCUT2D eigenvalue weighted by Crippen LogP contribution is 2.22. The molecule has 1 rings (SSSR count). The van der Waals surface area contributed by atoms with Crippen LogP contribution in [0.5, 0.6) is 0 Å². The van der Waals surface area contributed by atoms with E-state index in [0.717, 1.165) is 49.7 Å². The van der Waals surface area contributed by atoms with Crippen LogP contribution >= 0.6 is 0 Å². The molecule has 0 aliphatic rings. The van der Waals surface area contributed by atoms with Crippen molar-refractivity contribution in [3.8, 4) is 0 Å². The van der Waals surface area contributed by atoms with E-state index >= 15 is 0 Å². The summed E-state index contributed by atoms with van der Waals surface area (Å²) < 4.78 is 0. The topological polar surface area (TPSA) is 26.0 Å². The van der Waals surface area contributed by atoms with Crippen LogP contribution in [0.25, 0.3) is 0 Å². The molecular weight excluding hydrogens is 374 g/mol. The first-order valence-corrected chi connectivity index (χ1v) is 11.7. The highest BCUT2D eigenvalue weighted by atomic mass is 14.6. The van der Waals surface area contributed by atoms with E-state index < -0.39 is 0 Å². The number of allylic oxidation sites excluding steroid dienone is 8. The zero-order valence-corrected chi connectivity index (χ0v) is 20.5. The van der Waals surface area contributed by atoms with Crippen molar-refractivity contribution in [1.29, 1.82) is 0 Å². The van der Waals surface area contributed by atoms with Crippen molar-refractivity contribution in [3.63, 3.8) is 0 Å². The van der Waals surface area contributed by atoms with Gasteiger partial charge in [0, 0.05) is 5.70 Å². The van der Waals surface area contributed by atoms with Gasteiger partial charge in [0.2, 0.25) is 0 Å². The van der Waals surface area contributed by atoms with Gasteiger partial charge in [-0.3, -0.25) is 0 Å². The minimum Gasteiger partial charge on any atom is -0.399 e. The summed E-state index contributed by atoms with van der Waals surface area (Å²) in [4.78, 5) is 0. The van der Waals surface area contributed by atoms with Gasteiger partial charge in [-0.05, 0) is 81.9 Å². The van der Waals surface area contributed by atoms with Gasteiger partial charge in [0.15, 0.2) is 0 Å². The van der Waals surface area contributed by atoms with E-state index in [4.69, 9.17) is 5.73 Å². The fourth-order valence-corrected chi connectivity index (χ4v) is 3.83. The highest BCUT2D eigenvalue weighted by molar-refractivity contribution is 5.44. The highest BCUT2D eigenvalue weighted by Gasteiger charge is 2.07. The Bertz CT molecular complexity index is 824. The van der Waals surface area contributed by atoms with Crippen LogP contribution in [0, 0.1) is 5.92 Å². The predicted molar refractivity (Wildman–Crippen MR) is 140 cm³/mol. The molecule has 1 aromatic rings. The molecule has 0 aliphatic carbocycles. The Morgan fingerprint density at radius 2 is 1.52 bits per heavy atom. The summed E-state index contributed by atoms with van der Waals surface area (Å²) in [5.41, 5.74) is 14.2. The first kappa shape index (κ1) is 26.5. The van der Waals surface area contributed by atoms with Crippen LogP contribution in [0.15, 0.2) is 95.8 Å². The van der Waals surface area contributed by atoms with Gasteiger partial charge in [-0.1, -0.05) is 98.4 Å². The van der Waals surface area contributed by atoms with E-state index in [9.17, 15) is 0 Å². The Balaban J connectivity index is 2.85. The molecule has 2 N–H and O–H groups in total. The first-order chi connectivity index (χ1) is 14.8. The monoisotopic (exact) mass is 417 g/mol. The Kier molecular flexibility index (Phi) is 12.4. The summed E-state index contributed by atoms with van der Waals surface area (Å²) in [5.74, 6) is 0.525. The van der Waals surface area contributed by atoms with Crippen LogP contribution in [-0.4, -0.2) is 0 Å². The van der Waals surface area contributed by atoms with Gasteiger partial charge in [-0.15, -0.1) is 0 Å². The largest absolute Gasteiger partial charge is 0.399 e. The van der Waals surface area contributed by atoms with Gasteiger partial charge < -0.3 is 5.73 Å². The standard InChI is InChI=1S/C30H43N/c1-8-11-12-13-14-23(4)21-27-16-18-28(19-17-27)22-25(6)30(26(7)31)20-15-24(5)29(9-2)10-3/h8,11,14-20,29H,5,7,9-10,12-13,21-22,31H2,1-4,6H3/b11-8-,20-15-,23-14+,30-25-. The lowest BCUT2D eigenvalue weighted by atomic mass is 9.93. The average Bonchev–Trinajstić information content (AvgIpc) is 2.73. The van der Waals surface area contributed by atoms with Crippen molar-refractivity contribution in [1.82, 2.24) is 0 Å². The molecule has 0 atom stereocenters. The molecule has 31 heavy (non-hydrogen) atoms. The van der Waals surface area contributed by atoms with E-state index in [0.29, 0.717) is 11.6 Å². The molecule has 0 bridgehead atoms. The number of benzene rings is 1. The third-order valence-corrected chi connectivity index (χ3v) is 5.82. The predicted octanol–water partition coefficient (Wildman–Crippen LogP) is 8.41. The third-order valence-electron chi connectivity index (χ3n) is 5.82. The molecule has 0 saturated carbocycles. The maximum Gasteiger partial charge on any atom is 0.0314 e. The molecular formula is C30H43N. The molecule has 0 aromatic heterocycles. The van der Waals surface area contributed by atoms with E-state index in [1.807, 2.05) is 0 Å². The van der Waals surface area contributed by atoms with Crippen LogP contribution in [0.3, 0.4) is 0 Å². The molecule has 0 saturated heterocycles. The van der Waals surface area contributed by atoms with Gasteiger partial charge in [0.05, 0.1) is 0 Å². The zero-order valence-electron chi connectivity index (χ0n) is 20.5. The quantitative estimate of drug-likeness (QED) is 0.194. The molecule has 0 unspecified atom stereocenters. The molecule has 1 aromatic carbocycles. The second-order valence-corrected chi connectivity index (χ2v) is 8.51. The number of hydrogen-bond acceptors (Lipinski definition) is 1. The van der Waals surface area contributed by atoms with E-state index in [-0.39, 0.29) is 0 Å². The maximum atomic E-state index is 6.11. The van der Waals surface area contributed by atoms with Crippen molar-refractivity contribution >= 4 is 0 Å². The number of rotatable bonds is 13. The summed E-state index contributed by atoms with van der Waals surface area (Å²) in [6.07, 6.45) is 17.2. The smallest absolute Gasteiger partial charge is 0.0314 e. The average molecular weight is 418 g/mol. The molecule has 1 nitrogen and oxygen atoms in total. The second-order valence-electron chi connectivity index (χ2n) is 8.51. The first-order valence-electron chi connectivity index (χ1n) is 11.7. The maximum absolute atomic E-state index is 6.11. The van der Waals surface area contributed by atoms with Gasteiger partial charge in [-0.2, -0.15) is 0 Å². The van der Waals surface area contributed by atoms with Crippen molar-refractivity contribution in [2.75, 3.05) is 0 Å². The normalized spacial score (nSPS) is 13.3. The molecule has 0 fully saturated rings. The Labute approximate surface area is 191 Å². The second kappa shape index (κ2) is 14.5. The number of unbranched alkanes of at least 4 members (excludes halogenated alkanes) is 1. The lowest BCUT2D eigenvalue weighted by Crippen LogP contribution is -2.03. The molecule has 0 aliphatic heterocycles. The lowest BCUT2D eigenvalue weighted by molar-refractivity contribution is 0.585. The van der Waals surface area contributed by atoms with E-state index in [1.165, 1.54) is 22.3 Å². The molecule has 0 spiro atoms. The fourth-order valence-electron chi connectivity index (χ4n) is 3.83. The van der Waals surface area contributed by atoms with Gasteiger partial charge >= 0.3 is 0 Å². The number of hydrogen-bond donors (Lipinski definition) is 1. The van der Waals surface area contributed by atoms with Crippen LogP contribution in [-0.2, 0) is 12.8 Å². The summed E-state index contributed by atoms with van der Waals surface area (Å²) in [7, 11) is 0. The summed E-state index contributed by atoms with van der Waals surface area (Å²) in [6, 6.07) is 8.95. The lowest BCUT2D eigenvalue weighted by Gasteiger charge is -2.13. The fraction of sp³-hybridized carbons (Fsp3) is 0.400. The van der Waals surface area contributed by atoms with Crippen LogP contribution in [0.2, 0.25) is 0 Å². The molecule has 1 heteroatoms. The Morgan fingerprint density at radius 1 is 0.935 bits per heavy atom. The van der Waals surface area contributed by atoms with E-state index in [2.05, 4.69) is 102 Å². The van der Waals surface area contributed by atoms with Gasteiger partial charge in [0.1, 0.15) is 0 Å². The molecule has 0 radical (unpaired) electrons. The summed E-state index contributed by atoms with van der Waals surface area (Å²) >= 11 is 0.